The van der Waals surface area contributed by atoms with Crippen molar-refractivity contribution in [3.05, 3.63) is 24.3 Å². The number of hydrogen-bond acceptors (Lipinski definition) is 3. The van der Waals surface area contributed by atoms with E-state index in [1.165, 1.54) is 0 Å². The van der Waals surface area contributed by atoms with Crippen LogP contribution >= 0.6 is 0 Å². The van der Waals surface area contributed by atoms with Gasteiger partial charge in [0, 0.05) is 18.7 Å². The summed E-state index contributed by atoms with van der Waals surface area (Å²) < 4.78 is 5.19. The van der Waals surface area contributed by atoms with Gasteiger partial charge in [0.15, 0.2) is 5.78 Å². The Bertz CT molecular complexity index is 441. The van der Waals surface area contributed by atoms with Crippen LogP contribution in [0.1, 0.15) is 39.5 Å². The first kappa shape index (κ1) is 13.9. The highest BCUT2D eigenvalue weighted by atomic mass is 16.5. The van der Waals surface area contributed by atoms with Crippen molar-refractivity contribution >= 4 is 11.5 Å². The molecule has 1 saturated heterocycles. The Morgan fingerprint density at radius 2 is 2.00 bits per heavy atom. The Morgan fingerprint density at radius 1 is 1.32 bits per heavy atom. The van der Waals surface area contributed by atoms with Crippen molar-refractivity contribution < 1.29 is 9.53 Å². The molecular weight excluding hydrogens is 238 g/mol. The minimum Gasteiger partial charge on any atom is -0.497 e. The number of methoxy groups -OCH3 is 1. The minimum atomic E-state index is -0.346. The van der Waals surface area contributed by atoms with Gasteiger partial charge in [-0.1, -0.05) is 6.92 Å². The molecule has 0 aliphatic carbocycles. The molecule has 0 N–H and O–H groups in total. The van der Waals surface area contributed by atoms with E-state index in [0.29, 0.717) is 12.2 Å². The fourth-order valence-corrected chi connectivity index (χ4v) is 2.97. The highest BCUT2D eigenvalue weighted by Gasteiger charge is 2.39. The van der Waals surface area contributed by atoms with Crippen LogP contribution in [0.3, 0.4) is 0 Å². The summed E-state index contributed by atoms with van der Waals surface area (Å²) in [5, 5.41) is 0. The number of carbonyl (C=O) groups is 1. The Hall–Kier alpha value is -1.51. The van der Waals surface area contributed by atoms with E-state index in [1.54, 1.807) is 7.11 Å². The fourth-order valence-electron chi connectivity index (χ4n) is 2.97. The van der Waals surface area contributed by atoms with Gasteiger partial charge in [0.25, 0.3) is 0 Å². The lowest BCUT2D eigenvalue weighted by Crippen LogP contribution is -2.55. The largest absolute Gasteiger partial charge is 0.497 e. The molecule has 19 heavy (non-hydrogen) atoms. The molecule has 3 nitrogen and oxygen atoms in total. The quantitative estimate of drug-likeness (QED) is 0.831. The summed E-state index contributed by atoms with van der Waals surface area (Å²) in [6.45, 7) is 4.99. The van der Waals surface area contributed by atoms with E-state index in [2.05, 4.69) is 11.8 Å². The summed E-state index contributed by atoms with van der Waals surface area (Å²) in [7, 11) is 1.67. The Morgan fingerprint density at radius 3 is 2.58 bits per heavy atom. The SMILES string of the molecule is CCC(=O)C1(C)CCCCN1c1ccc(OC)cc1. The summed E-state index contributed by atoms with van der Waals surface area (Å²) in [5.41, 5.74) is 0.770. The van der Waals surface area contributed by atoms with Crippen LogP contribution in [-0.4, -0.2) is 25.0 Å². The third-order valence-electron chi connectivity index (χ3n) is 4.20. The van der Waals surface area contributed by atoms with Crippen LogP contribution in [0.15, 0.2) is 24.3 Å². The number of rotatable bonds is 4. The zero-order chi connectivity index (χ0) is 13.9. The molecular formula is C16H23NO2. The Labute approximate surface area is 115 Å². The van der Waals surface area contributed by atoms with E-state index in [9.17, 15) is 4.79 Å². The summed E-state index contributed by atoms with van der Waals surface area (Å²) >= 11 is 0. The van der Waals surface area contributed by atoms with Gasteiger partial charge >= 0.3 is 0 Å². The number of ether oxygens (including phenoxy) is 1. The number of nitrogens with zero attached hydrogens (tertiary/aromatic N) is 1. The van der Waals surface area contributed by atoms with Crippen molar-refractivity contribution in [3.8, 4) is 5.75 Å². The van der Waals surface area contributed by atoms with Crippen molar-refractivity contribution in [2.24, 2.45) is 0 Å². The number of benzene rings is 1. The van der Waals surface area contributed by atoms with E-state index in [-0.39, 0.29) is 5.54 Å². The lowest BCUT2D eigenvalue weighted by molar-refractivity contribution is -0.124. The van der Waals surface area contributed by atoms with Gasteiger partial charge < -0.3 is 9.64 Å². The maximum absolute atomic E-state index is 12.3. The van der Waals surface area contributed by atoms with E-state index in [4.69, 9.17) is 4.74 Å². The highest BCUT2D eigenvalue weighted by Crippen LogP contribution is 2.34. The molecule has 1 fully saturated rings. The number of ketones is 1. The predicted octanol–water partition coefficient (Wildman–Crippen LogP) is 3.42. The van der Waals surface area contributed by atoms with Crippen molar-refractivity contribution in [1.29, 1.82) is 0 Å². The maximum atomic E-state index is 12.3. The lowest BCUT2D eigenvalue weighted by Gasteiger charge is -2.45. The first-order valence-corrected chi connectivity index (χ1v) is 7.07. The zero-order valence-electron chi connectivity index (χ0n) is 12.1. The van der Waals surface area contributed by atoms with Gasteiger partial charge in [0.1, 0.15) is 5.75 Å². The number of piperidine rings is 1. The number of anilines is 1. The summed E-state index contributed by atoms with van der Waals surface area (Å²) in [6, 6.07) is 8.01. The summed E-state index contributed by atoms with van der Waals surface area (Å²) in [6.07, 6.45) is 3.84. The molecule has 2 rings (SSSR count). The molecule has 1 aromatic rings. The first-order chi connectivity index (χ1) is 9.11. The van der Waals surface area contributed by atoms with Crippen LogP contribution in [0.2, 0.25) is 0 Å². The average molecular weight is 261 g/mol. The van der Waals surface area contributed by atoms with Crippen LogP contribution in [0.4, 0.5) is 5.69 Å². The molecule has 1 aromatic carbocycles. The molecule has 0 amide bonds. The molecule has 1 unspecified atom stereocenters. The zero-order valence-corrected chi connectivity index (χ0v) is 12.1. The average Bonchev–Trinajstić information content (AvgIpc) is 2.47. The molecule has 0 bridgehead atoms. The predicted molar refractivity (Wildman–Crippen MR) is 77.9 cm³/mol. The smallest absolute Gasteiger partial charge is 0.157 e. The molecule has 3 heteroatoms. The normalized spacial score (nSPS) is 23.2. The molecule has 0 radical (unpaired) electrons. The highest BCUT2D eigenvalue weighted by molar-refractivity contribution is 5.91. The maximum Gasteiger partial charge on any atom is 0.157 e. The second-order valence-corrected chi connectivity index (χ2v) is 5.36. The van der Waals surface area contributed by atoms with Crippen molar-refractivity contribution in [2.45, 2.75) is 45.1 Å². The third kappa shape index (κ3) is 2.60. The number of Topliss-reactive ketones (excluding diaryl/α,β-unsaturated/α-hetero) is 1. The Kier molecular flexibility index (Phi) is 4.13. The van der Waals surface area contributed by atoms with Gasteiger partial charge in [-0.2, -0.15) is 0 Å². The van der Waals surface area contributed by atoms with Gasteiger partial charge in [-0.15, -0.1) is 0 Å². The second kappa shape index (κ2) is 5.64. The minimum absolute atomic E-state index is 0.336. The topological polar surface area (TPSA) is 29.5 Å². The van der Waals surface area contributed by atoms with Crippen LogP contribution in [-0.2, 0) is 4.79 Å². The van der Waals surface area contributed by atoms with Gasteiger partial charge in [-0.3, -0.25) is 4.79 Å². The third-order valence-corrected chi connectivity index (χ3v) is 4.20. The van der Waals surface area contributed by atoms with Crippen LogP contribution < -0.4 is 9.64 Å². The molecule has 1 atom stereocenters. The van der Waals surface area contributed by atoms with E-state index in [0.717, 1.165) is 37.2 Å². The van der Waals surface area contributed by atoms with Crippen LogP contribution in [0.25, 0.3) is 0 Å². The monoisotopic (exact) mass is 261 g/mol. The molecule has 1 heterocycles. The van der Waals surface area contributed by atoms with Crippen molar-refractivity contribution in [2.75, 3.05) is 18.6 Å². The van der Waals surface area contributed by atoms with Gasteiger partial charge in [0.2, 0.25) is 0 Å². The first-order valence-electron chi connectivity index (χ1n) is 7.07. The van der Waals surface area contributed by atoms with E-state index >= 15 is 0 Å². The van der Waals surface area contributed by atoms with Gasteiger partial charge in [0.05, 0.1) is 12.6 Å². The Balaban J connectivity index is 2.30. The molecule has 0 saturated carbocycles. The fraction of sp³-hybridized carbons (Fsp3) is 0.562. The lowest BCUT2D eigenvalue weighted by atomic mass is 9.83. The van der Waals surface area contributed by atoms with Crippen molar-refractivity contribution in [3.63, 3.8) is 0 Å². The molecule has 1 aliphatic heterocycles. The number of carbonyl (C=O) groups excluding carboxylic acids is 1. The van der Waals surface area contributed by atoms with E-state index < -0.39 is 0 Å². The van der Waals surface area contributed by atoms with E-state index in [1.807, 2.05) is 31.2 Å². The molecule has 1 aliphatic rings. The molecule has 104 valence electrons. The number of hydrogen-bond donors (Lipinski definition) is 0. The van der Waals surface area contributed by atoms with Crippen molar-refractivity contribution in [1.82, 2.24) is 0 Å². The molecule has 0 spiro atoms. The molecule has 0 aromatic heterocycles. The van der Waals surface area contributed by atoms with Gasteiger partial charge in [-0.25, -0.2) is 0 Å². The van der Waals surface area contributed by atoms with Gasteiger partial charge in [-0.05, 0) is 50.5 Å². The summed E-state index contributed by atoms with van der Waals surface area (Å²) in [5.74, 6) is 1.19. The van der Waals surface area contributed by atoms with Crippen LogP contribution in [0.5, 0.6) is 5.75 Å². The summed E-state index contributed by atoms with van der Waals surface area (Å²) in [4.78, 5) is 14.6. The second-order valence-electron chi connectivity index (χ2n) is 5.36. The standard InChI is InChI=1S/C16H23NO2/c1-4-15(18)16(2)11-5-6-12-17(16)13-7-9-14(19-3)10-8-13/h7-10H,4-6,11-12H2,1-3H3. The van der Waals surface area contributed by atoms with Crippen LogP contribution in [0, 0.1) is 0 Å².